The fourth-order valence-electron chi connectivity index (χ4n) is 2.70. The van der Waals surface area contributed by atoms with Gasteiger partial charge in [0.1, 0.15) is 4.90 Å². The Morgan fingerprint density at radius 3 is 2.57 bits per heavy atom. The van der Waals surface area contributed by atoms with E-state index >= 15 is 0 Å². The number of para-hydroxylation sites is 1. The zero-order valence-electron chi connectivity index (χ0n) is 12.6. The lowest BCUT2D eigenvalue weighted by Gasteiger charge is -2.29. The lowest BCUT2D eigenvalue weighted by molar-refractivity contribution is 0.201. The molecule has 0 aliphatic carbocycles. The number of sulfonamides is 1. The van der Waals surface area contributed by atoms with Gasteiger partial charge in [-0.2, -0.15) is 0 Å². The van der Waals surface area contributed by atoms with Crippen LogP contribution in [0.4, 0.5) is 5.69 Å². The first kappa shape index (κ1) is 16.3. The van der Waals surface area contributed by atoms with Crippen LogP contribution in [0.15, 0.2) is 29.2 Å². The van der Waals surface area contributed by atoms with Crippen LogP contribution in [-0.4, -0.2) is 39.5 Å². The predicted octanol–water partition coefficient (Wildman–Crippen LogP) is 1.67. The van der Waals surface area contributed by atoms with Crippen LogP contribution in [0.25, 0.3) is 0 Å². The van der Waals surface area contributed by atoms with E-state index in [1.54, 1.807) is 18.2 Å². The SMILES string of the molecule is CC(CNS(=O)(=O)c1ccccc1N)CN1CCCCC1. The molecule has 5 nitrogen and oxygen atoms in total. The van der Waals surface area contributed by atoms with Crippen molar-refractivity contribution < 1.29 is 8.42 Å². The third kappa shape index (κ3) is 4.69. The van der Waals surface area contributed by atoms with Crippen molar-refractivity contribution in [3.63, 3.8) is 0 Å². The highest BCUT2D eigenvalue weighted by molar-refractivity contribution is 7.89. The summed E-state index contributed by atoms with van der Waals surface area (Å²) in [5, 5.41) is 0. The van der Waals surface area contributed by atoms with E-state index in [2.05, 4.69) is 16.5 Å². The number of nitrogens with one attached hydrogen (secondary N) is 1. The molecule has 1 aliphatic rings. The van der Waals surface area contributed by atoms with Gasteiger partial charge in [0.25, 0.3) is 0 Å². The molecule has 0 spiro atoms. The lowest BCUT2D eigenvalue weighted by Crippen LogP contribution is -2.38. The van der Waals surface area contributed by atoms with Crippen LogP contribution in [-0.2, 0) is 10.0 Å². The van der Waals surface area contributed by atoms with Gasteiger partial charge in [-0.05, 0) is 44.0 Å². The van der Waals surface area contributed by atoms with Gasteiger partial charge in [0, 0.05) is 13.1 Å². The van der Waals surface area contributed by atoms with Gasteiger partial charge in [0.05, 0.1) is 5.69 Å². The Labute approximate surface area is 127 Å². The van der Waals surface area contributed by atoms with Crippen LogP contribution in [0.1, 0.15) is 26.2 Å². The molecule has 1 fully saturated rings. The van der Waals surface area contributed by atoms with E-state index in [0.29, 0.717) is 6.54 Å². The molecule has 1 aromatic rings. The summed E-state index contributed by atoms with van der Waals surface area (Å²) in [7, 11) is -3.52. The number of nitrogens with two attached hydrogens (primary N) is 1. The van der Waals surface area contributed by atoms with Crippen LogP contribution in [0.5, 0.6) is 0 Å². The van der Waals surface area contributed by atoms with E-state index in [4.69, 9.17) is 5.73 Å². The summed E-state index contributed by atoms with van der Waals surface area (Å²) < 4.78 is 27.2. The second kappa shape index (κ2) is 7.24. The molecule has 21 heavy (non-hydrogen) atoms. The van der Waals surface area contributed by atoms with Crippen LogP contribution >= 0.6 is 0 Å². The smallest absolute Gasteiger partial charge is 0.242 e. The van der Waals surface area contributed by atoms with Crippen LogP contribution < -0.4 is 10.5 Å². The maximum absolute atomic E-state index is 12.2. The summed E-state index contributed by atoms with van der Waals surface area (Å²) in [6, 6.07) is 6.55. The molecule has 1 heterocycles. The van der Waals surface area contributed by atoms with Gasteiger partial charge in [-0.3, -0.25) is 0 Å². The van der Waals surface area contributed by atoms with E-state index in [1.165, 1.54) is 25.3 Å². The molecule has 118 valence electrons. The van der Waals surface area contributed by atoms with Crippen molar-refractivity contribution in [3.05, 3.63) is 24.3 Å². The monoisotopic (exact) mass is 311 g/mol. The van der Waals surface area contributed by atoms with Crippen molar-refractivity contribution in [2.75, 3.05) is 31.9 Å². The molecule has 0 aromatic heterocycles. The summed E-state index contributed by atoms with van der Waals surface area (Å²) >= 11 is 0. The highest BCUT2D eigenvalue weighted by Crippen LogP contribution is 2.17. The summed E-state index contributed by atoms with van der Waals surface area (Å²) in [5.74, 6) is 0.280. The molecule has 0 amide bonds. The van der Waals surface area contributed by atoms with E-state index in [-0.39, 0.29) is 16.5 Å². The number of nitrogens with zero attached hydrogens (tertiary/aromatic N) is 1. The van der Waals surface area contributed by atoms with Crippen molar-refractivity contribution in [2.45, 2.75) is 31.1 Å². The Hall–Kier alpha value is -1.11. The zero-order chi connectivity index (χ0) is 15.3. The first-order valence-electron chi connectivity index (χ1n) is 7.55. The third-order valence-corrected chi connectivity index (χ3v) is 5.35. The molecule has 1 aromatic carbocycles. The highest BCUT2D eigenvalue weighted by Gasteiger charge is 2.19. The Balaban J connectivity index is 1.88. The summed E-state index contributed by atoms with van der Waals surface area (Å²) in [6.07, 6.45) is 3.81. The fourth-order valence-corrected chi connectivity index (χ4v) is 4.00. The number of rotatable bonds is 6. The normalized spacial score (nSPS) is 18.5. The first-order valence-corrected chi connectivity index (χ1v) is 9.04. The van der Waals surface area contributed by atoms with Crippen molar-refractivity contribution in [3.8, 4) is 0 Å². The number of hydrogen-bond acceptors (Lipinski definition) is 4. The molecule has 0 radical (unpaired) electrons. The number of benzene rings is 1. The Morgan fingerprint density at radius 1 is 1.24 bits per heavy atom. The second-order valence-electron chi connectivity index (χ2n) is 5.86. The summed E-state index contributed by atoms with van der Waals surface area (Å²) in [6.45, 7) is 5.71. The average molecular weight is 311 g/mol. The van der Waals surface area contributed by atoms with E-state index in [0.717, 1.165) is 19.6 Å². The molecule has 6 heteroatoms. The maximum atomic E-state index is 12.2. The van der Waals surface area contributed by atoms with Gasteiger partial charge in [0.15, 0.2) is 0 Å². The van der Waals surface area contributed by atoms with E-state index in [9.17, 15) is 8.42 Å². The lowest BCUT2D eigenvalue weighted by atomic mass is 10.1. The van der Waals surface area contributed by atoms with Gasteiger partial charge >= 0.3 is 0 Å². The molecular formula is C15H25N3O2S. The van der Waals surface area contributed by atoms with Gasteiger partial charge in [-0.1, -0.05) is 25.5 Å². The van der Waals surface area contributed by atoms with Gasteiger partial charge in [-0.25, -0.2) is 13.1 Å². The molecule has 1 saturated heterocycles. The number of hydrogen-bond donors (Lipinski definition) is 2. The average Bonchev–Trinajstić information content (AvgIpc) is 2.47. The molecule has 1 unspecified atom stereocenters. The van der Waals surface area contributed by atoms with E-state index in [1.807, 2.05) is 0 Å². The standard InChI is InChI=1S/C15H25N3O2S/c1-13(12-18-9-5-2-6-10-18)11-17-21(19,20)15-8-4-3-7-14(15)16/h3-4,7-8,13,17H,2,5-6,9-12,16H2,1H3. The van der Waals surface area contributed by atoms with Crippen LogP contribution in [0.3, 0.4) is 0 Å². The number of anilines is 1. The zero-order valence-corrected chi connectivity index (χ0v) is 13.4. The molecule has 1 aliphatic heterocycles. The molecular weight excluding hydrogens is 286 g/mol. The minimum absolute atomic E-state index is 0.162. The van der Waals surface area contributed by atoms with Gasteiger partial charge in [-0.15, -0.1) is 0 Å². The fraction of sp³-hybridized carbons (Fsp3) is 0.600. The minimum Gasteiger partial charge on any atom is -0.398 e. The maximum Gasteiger partial charge on any atom is 0.242 e. The molecule has 3 N–H and O–H groups in total. The molecule has 0 saturated carbocycles. The Bertz CT molecular complexity index is 554. The van der Waals surface area contributed by atoms with Crippen molar-refractivity contribution in [2.24, 2.45) is 5.92 Å². The Morgan fingerprint density at radius 2 is 1.90 bits per heavy atom. The van der Waals surface area contributed by atoms with Gasteiger partial charge in [0.2, 0.25) is 10.0 Å². The minimum atomic E-state index is -3.52. The highest BCUT2D eigenvalue weighted by atomic mass is 32.2. The number of piperidine rings is 1. The third-order valence-electron chi connectivity index (χ3n) is 3.85. The van der Waals surface area contributed by atoms with Gasteiger partial charge < -0.3 is 10.6 Å². The quantitative estimate of drug-likeness (QED) is 0.784. The molecule has 0 bridgehead atoms. The number of nitrogen functional groups attached to an aromatic ring is 1. The van der Waals surface area contributed by atoms with Crippen molar-refractivity contribution >= 4 is 15.7 Å². The predicted molar refractivity (Wildman–Crippen MR) is 85.5 cm³/mol. The van der Waals surface area contributed by atoms with Crippen LogP contribution in [0.2, 0.25) is 0 Å². The molecule has 2 rings (SSSR count). The van der Waals surface area contributed by atoms with Crippen molar-refractivity contribution in [1.29, 1.82) is 0 Å². The largest absolute Gasteiger partial charge is 0.398 e. The first-order chi connectivity index (χ1) is 9.99. The van der Waals surface area contributed by atoms with E-state index < -0.39 is 10.0 Å². The van der Waals surface area contributed by atoms with Crippen molar-refractivity contribution in [1.82, 2.24) is 9.62 Å². The van der Waals surface area contributed by atoms with Crippen LogP contribution in [0, 0.1) is 5.92 Å². The second-order valence-corrected chi connectivity index (χ2v) is 7.59. The molecule has 1 atom stereocenters. The number of likely N-dealkylation sites (tertiary alicyclic amines) is 1. The Kier molecular flexibility index (Phi) is 5.61. The summed E-state index contributed by atoms with van der Waals surface area (Å²) in [4.78, 5) is 2.58. The topological polar surface area (TPSA) is 75.4 Å². The summed E-state index contributed by atoms with van der Waals surface area (Å²) in [5.41, 5.74) is 6.02.